The second kappa shape index (κ2) is 5.57. The van der Waals surface area contributed by atoms with Crippen LogP contribution in [0.3, 0.4) is 0 Å². The van der Waals surface area contributed by atoms with Crippen molar-refractivity contribution in [3.05, 3.63) is 29.9 Å². The van der Waals surface area contributed by atoms with E-state index in [1.807, 2.05) is 6.08 Å². The van der Waals surface area contributed by atoms with Crippen LogP contribution in [-0.2, 0) is 0 Å². The fraction of sp³-hybridized carbons (Fsp3) is 0.462. The molecule has 1 aliphatic carbocycles. The average molecular weight is 231 g/mol. The van der Waals surface area contributed by atoms with Gasteiger partial charge < -0.3 is 5.73 Å². The molecule has 0 aliphatic heterocycles. The number of rotatable bonds is 3. The Labute approximate surface area is 101 Å². The standard InChI is InChI=1S/C13H17N3O/c14-13(17)12-9-15-8-11(16-12)7-6-10-4-2-1-3-5-10/h6-10H,1-5H2,(H2,14,17)/b7-6+. The van der Waals surface area contributed by atoms with Crippen LogP contribution in [0.25, 0.3) is 6.08 Å². The van der Waals surface area contributed by atoms with Crippen molar-refractivity contribution in [2.75, 3.05) is 0 Å². The van der Waals surface area contributed by atoms with E-state index in [1.165, 1.54) is 38.3 Å². The molecule has 0 unspecified atom stereocenters. The van der Waals surface area contributed by atoms with Crippen molar-refractivity contribution in [3.63, 3.8) is 0 Å². The summed E-state index contributed by atoms with van der Waals surface area (Å²) < 4.78 is 0. The van der Waals surface area contributed by atoms with E-state index >= 15 is 0 Å². The Bertz CT molecular complexity index is 422. The van der Waals surface area contributed by atoms with Gasteiger partial charge in [0.05, 0.1) is 18.1 Å². The molecule has 0 bridgehead atoms. The molecule has 4 heteroatoms. The molecular formula is C13H17N3O. The minimum atomic E-state index is -0.537. The van der Waals surface area contributed by atoms with Gasteiger partial charge in [-0.15, -0.1) is 0 Å². The highest BCUT2D eigenvalue weighted by Gasteiger charge is 2.10. The first kappa shape index (κ1) is 11.8. The molecule has 1 aliphatic rings. The smallest absolute Gasteiger partial charge is 0.268 e. The number of hydrogen-bond acceptors (Lipinski definition) is 3. The normalized spacial score (nSPS) is 17.4. The molecule has 17 heavy (non-hydrogen) atoms. The molecule has 1 aromatic rings. The predicted octanol–water partition coefficient (Wildman–Crippen LogP) is 2.17. The van der Waals surface area contributed by atoms with Gasteiger partial charge in [0.15, 0.2) is 0 Å². The van der Waals surface area contributed by atoms with E-state index in [0.29, 0.717) is 11.6 Å². The lowest BCUT2D eigenvalue weighted by Gasteiger charge is -2.17. The second-order valence-corrected chi connectivity index (χ2v) is 4.45. The Balaban J connectivity index is 2.04. The van der Waals surface area contributed by atoms with Gasteiger partial charge in [-0.1, -0.05) is 25.3 Å². The van der Waals surface area contributed by atoms with Crippen molar-refractivity contribution in [2.24, 2.45) is 11.7 Å². The number of carbonyl (C=O) groups is 1. The Hall–Kier alpha value is -1.71. The molecule has 1 fully saturated rings. The van der Waals surface area contributed by atoms with E-state index in [-0.39, 0.29) is 5.69 Å². The van der Waals surface area contributed by atoms with E-state index < -0.39 is 5.91 Å². The summed E-state index contributed by atoms with van der Waals surface area (Å²) >= 11 is 0. The lowest BCUT2D eigenvalue weighted by molar-refractivity contribution is 0.0995. The minimum Gasteiger partial charge on any atom is -0.364 e. The van der Waals surface area contributed by atoms with Crippen molar-refractivity contribution < 1.29 is 4.79 Å². The van der Waals surface area contributed by atoms with Gasteiger partial charge in [-0.05, 0) is 24.8 Å². The van der Waals surface area contributed by atoms with Crippen LogP contribution in [0.2, 0.25) is 0 Å². The molecule has 0 atom stereocenters. The number of nitrogens with zero attached hydrogens (tertiary/aromatic N) is 2. The highest BCUT2D eigenvalue weighted by Crippen LogP contribution is 2.24. The van der Waals surface area contributed by atoms with Crippen LogP contribution in [0, 0.1) is 5.92 Å². The van der Waals surface area contributed by atoms with Crippen LogP contribution in [-0.4, -0.2) is 15.9 Å². The molecule has 90 valence electrons. The lowest BCUT2D eigenvalue weighted by Crippen LogP contribution is -2.13. The first-order valence-electron chi connectivity index (χ1n) is 6.06. The van der Waals surface area contributed by atoms with Gasteiger partial charge in [0.25, 0.3) is 5.91 Å². The molecule has 1 heterocycles. The number of primary amides is 1. The highest BCUT2D eigenvalue weighted by atomic mass is 16.1. The molecular weight excluding hydrogens is 214 g/mol. The number of hydrogen-bond donors (Lipinski definition) is 1. The van der Waals surface area contributed by atoms with Crippen molar-refractivity contribution >= 4 is 12.0 Å². The largest absolute Gasteiger partial charge is 0.364 e. The fourth-order valence-electron chi connectivity index (χ4n) is 2.14. The topological polar surface area (TPSA) is 68.9 Å². The van der Waals surface area contributed by atoms with E-state index in [2.05, 4.69) is 16.0 Å². The number of nitrogens with two attached hydrogens (primary N) is 1. The fourth-order valence-corrected chi connectivity index (χ4v) is 2.14. The first-order chi connectivity index (χ1) is 8.25. The molecule has 1 saturated carbocycles. The number of allylic oxidation sites excluding steroid dienone is 1. The number of carbonyl (C=O) groups excluding carboxylic acids is 1. The van der Waals surface area contributed by atoms with E-state index in [1.54, 1.807) is 6.20 Å². The monoisotopic (exact) mass is 231 g/mol. The zero-order chi connectivity index (χ0) is 12.1. The van der Waals surface area contributed by atoms with Crippen molar-refractivity contribution in [1.29, 1.82) is 0 Å². The molecule has 2 rings (SSSR count). The minimum absolute atomic E-state index is 0.218. The van der Waals surface area contributed by atoms with Crippen molar-refractivity contribution in [3.8, 4) is 0 Å². The molecule has 0 radical (unpaired) electrons. The van der Waals surface area contributed by atoms with Crippen LogP contribution in [0.15, 0.2) is 18.5 Å². The summed E-state index contributed by atoms with van der Waals surface area (Å²) in [6.45, 7) is 0. The molecule has 0 aromatic carbocycles. The third-order valence-corrected chi connectivity index (χ3v) is 3.09. The van der Waals surface area contributed by atoms with Crippen LogP contribution >= 0.6 is 0 Å². The Morgan fingerprint density at radius 2 is 2.06 bits per heavy atom. The summed E-state index contributed by atoms with van der Waals surface area (Å²) in [7, 11) is 0. The molecule has 1 amide bonds. The maximum Gasteiger partial charge on any atom is 0.268 e. The first-order valence-corrected chi connectivity index (χ1v) is 6.06. The molecule has 0 spiro atoms. The average Bonchev–Trinajstić information content (AvgIpc) is 2.38. The molecule has 1 aromatic heterocycles. The lowest BCUT2D eigenvalue weighted by atomic mass is 9.89. The second-order valence-electron chi connectivity index (χ2n) is 4.45. The summed E-state index contributed by atoms with van der Waals surface area (Å²) in [5.41, 5.74) is 6.08. The van der Waals surface area contributed by atoms with Crippen molar-refractivity contribution in [2.45, 2.75) is 32.1 Å². The van der Waals surface area contributed by atoms with Crippen LogP contribution in [0.5, 0.6) is 0 Å². The third-order valence-electron chi connectivity index (χ3n) is 3.09. The summed E-state index contributed by atoms with van der Waals surface area (Å²) in [6, 6.07) is 0. The maximum absolute atomic E-state index is 11.0. The Morgan fingerprint density at radius 1 is 1.29 bits per heavy atom. The zero-order valence-electron chi connectivity index (χ0n) is 9.80. The number of amides is 1. The summed E-state index contributed by atoms with van der Waals surface area (Å²) in [6.07, 6.45) is 13.6. The third kappa shape index (κ3) is 3.37. The molecule has 0 saturated heterocycles. The summed E-state index contributed by atoms with van der Waals surface area (Å²) in [5, 5.41) is 0. The zero-order valence-corrected chi connectivity index (χ0v) is 9.80. The van der Waals surface area contributed by atoms with Gasteiger partial charge in [-0.3, -0.25) is 9.78 Å². The highest BCUT2D eigenvalue weighted by molar-refractivity contribution is 5.90. The van der Waals surface area contributed by atoms with Gasteiger partial charge in [-0.25, -0.2) is 4.98 Å². The SMILES string of the molecule is NC(=O)c1cncc(/C=C/C2CCCCC2)n1. The number of aromatic nitrogens is 2. The van der Waals surface area contributed by atoms with Crippen LogP contribution < -0.4 is 5.73 Å². The van der Waals surface area contributed by atoms with Crippen LogP contribution in [0.1, 0.15) is 48.3 Å². The van der Waals surface area contributed by atoms with Gasteiger partial charge in [0.1, 0.15) is 5.69 Å². The Morgan fingerprint density at radius 3 is 2.76 bits per heavy atom. The molecule has 2 N–H and O–H groups in total. The predicted molar refractivity (Wildman–Crippen MR) is 66.2 cm³/mol. The van der Waals surface area contributed by atoms with Crippen LogP contribution in [0.4, 0.5) is 0 Å². The molecule has 4 nitrogen and oxygen atoms in total. The van der Waals surface area contributed by atoms with Gasteiger partial charge >= 0.3 is 0 Å². The van der Waals surface area contributed by atoms with E-state index in [4.69, 9.17) is 5.73 Å². The summed E-state index contributed by atoms with van der Waals surface area (Å²) in [4.78, 5) is 19.0. The quantitative estimate of drug-likeness (QED) is 0.866. The van der Waals surface area contributed by atoms with Gasteiger partial charge in [0, 0.05) is 0 Å². The van der Waals surface area contributed by atoms with Crippen molar-refractivity contribution in [1.82, 2.24) is 9.97 Å². The maximum atomic E-state index is 11.0. The van der Waals surface area contributed by atoms with Gasteiger partial charge in [0.2, 0.25) is 0 Å². The Kier molecular flexibility index (Phi) is 3.85. The van der Waals surface area contributed by atoms with Gasteiger partial charge in [-0.2, -0.15) is 0 Å². The van der Waals surface area contributed by atoms with E-state index in [0.717, 1.165) is 0 Å². The summed E-state index contributed by atoms with van der Waals surface area (Å²) in [5.74, 6) is 0.105. The van der Waals surface area contributed by atoms with E-state index in [9.17, 15) is 4.79 Å².